The van der Waals surface area contributed by atoms with E-state index in [2.05, 4.69) is 21.6 Å². The van der Waals surface area contributed by atoms with Crippen LogP contribution in [0, 0.1) is 0 Å². The zero-order valence-corrected chi connectivity index (χ0v) is 16.3. The summed E-state index contributed by atoms with van der Waals surface area (Å²) >= 11 is 0. The van der Waals surface area contributed by atoms with Crippen LogP contribution >= 0.6 is 0 Å². The lowest BCUT2D eigenvalue weighted by atomic mass is 10.0. The highest BCUT2D eigenvalue weighted by Gasteiger charge is 2.23. The number of nitrogens with one attached hydrogen (secondary N) is 1. The molecule has 1 N–H and O–H groups in total. The van der Waals surface area contributed by atoms with Crippen molar-refractivity contribution in [1.82, 2.24) is 15.5 Å². The van der Waals surface area contributed by atoms with Crippen molar-refractivity contribution in [3.8, 4) is 11.1 Å². The molecule has 2 amide bonds. The van der Waals surface area contributed by atoms with Crippen molar-refractivity contribution in [3.05, 3.63) is 77.6 Å². The van der Waals surface area contributed by atoms with Gasteiger partial charge in [0.15, 0.2) is 0 Å². The number of benzene rings is 2. The van der Waals surface area contributed by atoms with Crippen LogP contribution in [0.5, 0.6) is 0 Å². The Bertz CT molecular complexity index is 1040. The summed E-state index contributed by atoms with van der Waals surface area (Å²) in [5.74, 6) is 0.0122. The van der Waals surface area contributed by atoms with Crippen molar-refractivity contribution in [2.24, 2.45) is 0 Å². The van der Waals surface area contributed by atoms with E-state index in [1.807, 2.05) is 54.3 Å². The fourth-order valence-electron chi connectivity index (χ4n) is 3.55. The van der Waals surface area contributed by atoms with E-state index in [9.17, 15) is 9.59 Å². The van der Waals surface area contributed by atoms with Gasteiger partial charge in [0.2, 0.25) is 5.91 Å². The molecular formula is C23H24N4O2. The average molecular weight is 388 g/mol. The van der Waals surface area contributed by atoms with Gasteiger partial charge in [-0.15, -0.1) is 0 Å². The molecule has 2 aromatic carbocycles. The van der Waals surface area contributed by atoms with Gasteiger partial charge in [-0.1, -0.05) is 25.1 Å². The third-order valence-corrected chi connectivity index (χ3v) is 5.12. The molecule has 0 saturated heterocycles. The van der Waals surface area contributed by atoms with E-state index in [1.54, 1.807) is 12.3 Å². The summed E-state index contributed by atoms with van der Waals surface area (Å²) in [6.45, 7) is 2.97. The number of nitrogens with zero attached hydrogens (tertiary/aromatic N) is 3. The minimum absolute atomic E-state index is 0. The number of anilines is 1. The number of amides is 2. The van der Waals surface area contributed by atoms with Crippen LogP contribution in [0.15, 0.2) is 60.8 Å². The van der Waals surface area contributed by atoms with Gasteiger partial charge >= 0.3 is 0 Å². The van der Waals surface area contributed by atoms with Gasteiger partial charge < -0.3 is 10.2 Å². The number of carbonyl (C=O) groups is 2. The molecule has 3 aromatic rings. The van der Waals surface area contributed by atoms with Crippen LogP contribution in [0.25, 0.3) is 11.1 Å². The maximum atomic E-state index is 12.4. The Balaban J connectivity index is 0.00000256. The molecule has 6 nitrogen and oxygen atoms in total. The molecule has 0 radical (unpaired) electrons. The highest BCUT2D eigenvalue weighted by atomic mass is 16.2. The molecule has 1 aliphatic rings. The van der Waals surface area contributed by atoms with E-state index in [-0.39, 0.29) is 13.2 Å². The van der Waals surface area contributed by atoms with E-state index in [4.69, 9.17) is 0 Å². The summed E-state index contributed by atoms with van der Waals surface area (Å²) in [6.07, 6.45) is 2.99. The first-order valence-corrected chi connectivity index (χ1v) is 9.74. The fraction of sp³-hybridized carbons (Fsp3) is 0.217. The van der Waals surface area contributed by atoms with Crippen molar-refractivity contribution in [3.63, 3.8) is 0 Å². The van der Waals surface area contributed by atoms with Crippen LogP contribution in [0.1, 0.15) is 36.4 Å². The Hall–Kier alpha value is -3.54. The lowest BCUT2D eigenvalue weighted by Gasteiger charge is -2.16. The first kappa shape index (κ1) is 18.8. The minimum atomic E-state index is -0.148. The van der Waals surface area contributed by atoms with E-state index < -0.39 is 0 Å². The molecule has 148 valence electrons. The third-order valence-electron chi connectivity index (χ3n) is 5.12. The normalized spacial score (nSPS) is 12.5. The number of rotatable bonds is 5. The number of hydrogen-bond donors (Lipinski definition) is 1. The Morgan fingerprint density at radius 2 is 1.90 bits per heavy atom. The van der Waals surface area contributed by atoms with Crippen LogP contribution in [0.4, 0.5) is 5.69 Å². The average Bonchev–Trinajstić information content (AvgIpc) is 3.21. The van der Waals surface area contributed by atoms with Gasteiger partial charge in [0.25, 0.3) is 5.91 Å². The Labute approximate surface area is 171 Å². The van der Waals surface area contributed by atoms with Crippen LogP contribution in [0.2, 0.25) is 0 Å². The predicted molar refractivity (Wildman–Crippen MR) is 114 cm³/mol. The van der Waals surface area contributed by atoms with Crippen molar-refractivity contribution in [1.29, 1.82) is 0 Å². The van der Waals surface area contributed by atoms with Gasteiger partial charge in [0.1, 0.15) is 0 Å². The molecule has 6 heteroatoms. The molecule has 0 spiro atoms. The van der Waals surface area contributed by atoms with Crippen LogP contribution in [0.3, 0.4) is 0 Å². The molecule has 1 aliphatic heterocycles. The molecule has 4 rings (SSSR count). The first-order valence-electron chi connectivity index (χ1n) is 9.74. The summed E-state index contributed by atoms with van der Waals surface area (Å²) in [5.41, 5.74) is 5.64. The van der Waals surface area contributed by atoms with Gasteiger partial charge in [-0.3, -0.25) is 9.59 Å². The number of carbonyl (C=O) groups excluding carboxylic acids is 2. The summed E-state index contributed by atoms with van der Waals surface area (Å²) in [7, 11) is 0. The lowest BCUT2D eigenvalue weighted by Crippen LogP contribution is -2.27. The molecule has 0 bridgehead atoms. The third kappa shape index (κ3) is 4.01. The van der Waals surface area contributed by atoms with E-state index in [0.717, 1.165) is 29.8 Å². The van der Waals surface area contributed by atoms with Crippen LogP contribution in [-0.4, -0.2) is 28.6 Å². The fourth-order valence-corrected chi connectivity index (χ4v) is 3.55. The second-order valence-electron chi connectivity index (χ2n) is 6.97. The Morgan fingerprint density at radius 3 is 2.62 bits per heavy atom. The van der Waals surface area contributed by atoms with E-state index in [1.165, 1.54) is 5.56 Å². The van der Waals surface area contributed by atoms with Gasteiger partial charge in [0, 0.05) is 31.8 Å². The largest absolute Gasteiger partial charge is 0.346 e. The molecule has 1 aromatic heterocycles. The second kappa shape index (κ2) is 8.22. The van der Waals surface area contributed by atoms with Crippen molar-refractivity contribution in [2.75, 3.05) is 11.4 Å². The first-order chi connectivity index (χ1) is 14.2. The van der Waals surface area contributed by atoms with Crippen LogP contribution < -0.4 is 10.2 Å². The molecule has 0 aliphatic carbocycles. The lowest BCUT2D eigenvalue weighted by molar-refractivity contribution is -0.118. The zero-order chi connectivity index (χ0) is 20.2. The summed E-state index contributed by atoms with van der Waals surface area (Å²) in [5, 5.41) is 10.6. The minimum Gasteiger partial charge on any atom is -0.346 e. The SMILES string of the molecule is CCC(=O)N1CCc2cc(-c3ccc(C(=O)NCc4cccnn4)cc3)ccc21.[HH]. The molecule has 2 heterocycles. The molecule has 0 atom stereocenters. The van der Waals surface area contributed by atoms with Gasteiger partial charge in [-0.05, 0) is 59.5 Å². The topological polar surface area (TPSA) is 75.2 Å². The summed E-state index contributed by atoms with van der Waals surface area (Å²) < 4.78 is 0. The standard InChI is InChI=1S/C23H22N4O2.H2/c1-2-22(28)27-13-11-19-14-18(9-10-21(19)27)16-5-7-17(8-6-16)23(29)24-15-20-4-3-12-25-26-20;/h3-10,12,14H,2,11,13,15H2,1H3,(H,24,29);1H. The number of hydrogen-bond acceptors (Lipinski definition) is 4. The smallest absolute Gasteiger partial charge is 0.251 e. The Morgan fingerprint density at radius 1 is 1.10 bits per heavy atom. The maximum Gasteiger partial charge on any atom is 0.251 e. The molecular weight excluding hydrogens is 364 g/mol. The van der Waals surface area contributed by atoms with Gasteiger partial charge in [0.05, 0.1) is 12.2 Å². The highest BCUT2D eigenvalue weighted by Crippen LogP contribution is 2.32. The Kier molecular flexibility index (Phi) is 5.33. The van der Waals surface area contributed by atoms with Crippen molar-refractivity contribution in [2.45, 2.75) is 26.3 Å². The molecule has 0 unspecified atom stereocenters. The van der Waals surface area contributed by atoms with E-state index in [0.29, 0.717) is 24.2 Å². The predicted octanol–water partition coefficient (Wildman–Crippen LogP) is 3.62. The highest BCUT2D eigenvalue weighted by molar-refractivity contribution is 5.96. The maximum absolute atomic E-state index is 12.4. The molecule has 29 heavy (non-hydrogen) atoms. The van der Waals surface area contributed by atoms with Crippen LogP contribution in [-0.2, 0) is 17.8 Å². The number of fused-ring (bicyclic) bond motifs is 1. The van der Waals surface area contributed by atoms with Gasteiger partial charge in [-0.25, -0.2) is 0 Å². The quantitative estimate of drug-likeness (QED) is 0.724. The molecule has 0 fully saturated rings. The molecule has 0 saturated carbocycles. The monoisotopic (exact) mass is 388 g/mol. The van der Waals surface area contributed by atoms with Crippen molar-refractivity contribution < 1.29 is 11.0 Å². The summed E-state index contributed by atoms with van der Waals surface area (Å²) in [6, 6.07) is 17.3. The number of aromatic nitrogens is 2. The zero-order valence-electron chi connectivity index (χ0n) is 16.3. The second-order valence-corrected chi connectivity index (χ2v) is 6.97. The van der Waals surface area contributed by atoms with Gasteiger partial charge in [-0.2, -0.15) is 10.2 Å². The summed E-state index contributed by atoms with van der Waals surface area (Å²) in [4.78, 5) is 26.3. The van der Waals surface area contributed by atoms with E-state index >= 15 is 0 Å². The van der Waals surface area contributed by atoms with Crippen molar-refractivity contribution >= 4 is 17.5 Å².